The summed E-state index contributed by atoms with van der Waals surface area (Å²) in [6, 6.07) is 14.1. The van der Waals surface area contributed by atoms with Crippen molar-refractivity contribution in [3.05, 3.63) is 75.9 Å². The van der Waals surface area contributed by atoms with Gasteiger partial charge in [0.25, 0.3) is 0 Å². The Morgan fingerprint density at radius 3 is 2.21 bits per heavy atom. The fourth-order valence-electron chi connectivity index (χ4n) is 2.06. The summed E-state index contributed by atoms with van der Waals surface area (Å²) in [6.07, 6.45) is 1.54. The van der Waals surface area contributed by atoms with Crippen molar-refractivity contribution in [1.82, 2.24) is 0 Å². The van der Waals surface area contributed by atoms with Crippen LogP contribution in [0.1, 0.15) is 34.6 Å². The lowest BCUT2D eigenvalue weighted by molar-refractivity contribution is 0.0526. The smallest absolute Gasteiger partial charge is 0.338 e. The van der Waals surface area contributed by atoms with Crippen molar-refractivity contribution in [1.29, 1.82) is 0 Å². The van der Waals surface area contributed by atoms with Gasteiger partial charge in [-0.05, 0) is 62.4 Å². The van der Waals surface area contributed by atoms with Gasteiger partial charge in [0.15, 0.2) is 5.78 Å². The maximum Gasteiger partial charge on any atom is 0.338 e. The quantitative estimate of drug-likeness (QED) is 0.438. The van der Waals surface area contributed by atoms with Gasteiger partial charge in [0.2, 0.25) is 0 Å². The second kappa shape index (κ2) is 8.45. The molecule has 4 nitrogen and oxygen atoms in total. The molecule has 0 saturated heterocycles. The molecule has 124 valence electrons. The van der Waals surface area contributed by atoms with Crippen LogP contribution in [0.2, 0.25) is 0 Å². The Kier molecular flexibility index (Phi) is 6.32. The van der Waals surface area contributed by atoms with Crippen LogP contribution in [0.3, 0.4) is 0 Å². The summed E-state index contributed by atoms with van der Waals surface area (Å²) in [4.78, 5) is 23.8. The van der Waals surface area contributed by atoms with Crippen LogP contribution in [0.25, 0.3) is 0 Å². The van der Waals surface area contributed by atoms with E-state index >= 15 is 0 Å². The van der Waals surface area contributed by atoms with Crippen molar-refractivity contribution in [2.24, 2.45) is 0 Å². The predicted octanol–water partition coefficient (Wildman–Crippen LogP) is 4.82. The van der Waals surface area contributed by atoms with E-state index in [4.69, 9.17) is 4.74 Å². The number of nitrogens with one attached hydrogen (secondary N) is 1. The molecule has 0 aliphatic carbocycles. The Morgan fingerprint density at radius 2 is 1.62 bits per heavy atom. The lowest BCUT2D eigenvalue weighted by atomic mass is 10.1. The first-order valence-corrected chi connectivity index (χ1v) is 8.31. The van der Waals surface area contributed by atoms with Crippen LogP contribution < -0.4 is 5.32 Å². The highest BCUT2D eigenvalue weighted by Crippen LogP contribution is 2.15. The van der Waals surface area contributed by atoms with E-state index in [2.05, 4.69) is 21.2 Å². The lowest BCUT2D eigenvalue weighted by Crippen LogP contribution is -2.05. The van der Waals surface area contributed by atoms with E-state index in [-0.39, 0.29) is 11.8 Å². The number of ketones is 1. The van der Waals surface area contributed by atoms with Gasteiger partial charge in [0.1, 0.15) is 0 Å². The van der Waals surface area contributed by atoms with E-state index in [1.165, 1.54) is 0 Å². The zero-order valence-electron chi connectivity index (χ0n) is 13.5. The topological polar surface area (TPSA) is 55.4 Å². The number of hydrogen-bond acceptors (Lipinski definition) is 4. The van der Waals surface area contributed by atoms with Gasteiger partial charge in [-0.25, -0.2) is 4.79 Å². The molecule has 2 rings (SSSR count). The van der Waals surface area contributed by atoms with Gasteiger partial charge >= 0.3 is 5.97 Å². The summed E-state index contributed by atoms with van der Waals surface area (Å²) in [5, 5.41) is 3.13. The minimum atomic E-state index is -0.346. The van der Waals surface area contributed by atoms with E-state index in [9.17, 15) is 9.59 Å². The molecule has 0 amide bonds. The van der Waals surface area contributed by atoms with Gasteiger partial charge in [-0.1, -0.05) is 15.9 Å². The fourth-order valence-corrected chi connectivity index (χ4v) is 2.33. The maximum atomic E-state index is 12.2. The number of carbonyl (C=O) groups is 2. The Morgan fingerprint density at radius 1 is 1.04 bits per heavy atom. The van der Waals surface area contributed by atoms with Crippen LogP contribution in [-0.2, 0) is 4.74 Å². The average molecular weight is 388 g/mol. The summed E-state index contributed by atoms with van der Waals surface area (Å²) < 4.78 is 5.87. The second-order valence-corrected chi connectivity index (χ2v) is 6.04. The van der Waals surface area contributed by atoms with Crippen molar-refractivity contribution in [2.45, 2.75) is 13.8 Å². The van der Waals surface area contributed by atoms with Crippen LogP contribution in [0, 0.1) is 0 Å². The molecule has 0 bridgehead atoms. The molecule has 0 radical (unpaired) electrons. The molecule has 2 aromatic carbocycles. The predicted molar refractivity (Wildman–Crippen MR) is 98.3 cm³/mol. The maximum absolute atomic E-state index is 12.2. The number of ether oxygens (including phenoxy) is 1. The molecule has 0 aliphatic heterocycles. The SMILES string of the molecule is CCOC(=O)c1ccc(NC(C)=CC(=O)c2ccc(Br)cc2)cc1. The molecule has 0 saturated carbocycles. The molecule has 2 aromatic rings. The molecule has 0 heterocycles. The first kappa shape index (κ1) is 17.9. The molecule has 0 spiro atoms. The number of hydrogen-bond donors (Lipinski definition) is 1. The van der Waals surface area contributed by atoms with Crippen LogP contribution >= 0.6 is 15.9 Å². The molecule has 0 aromatic heterocycles. The Hall–Kier alpha value is -2.40. The Balaban J connectivity index is 2.03. The normalized spacial score (nSPS) is 11.0. The molecule has 0 atom stereocenters. The second-order valence-electron chi connectivity index (χ2n) is 5.12. The highest BCUT2D eigenvalue weighted by Gasteiger charge is 2.06. The van der Waals surface area contributed by atoms with E-state index in [1.54, 1.807) is 49.4 Å². The standard InChI is InChI=1S/C19H18BrNO3/c1-3-24-19(23)15-6-10-17(11-7-15)21-13(2)12-18(22)14-4-8-16(20)9-5-14/h4-12,21H,3H2,1-2H3. The van der Waals surface area contributed by atoms with Crippen LogP contribution in [0.15, 0.2) is 64.8 Å². The Labute approximate surface area is 149 Å². The van der Waals surface area contributed by atoms with E-state index in [0.717, 1.165) is 10.2 Å². The third kappa shape index (κ3) is 5.06. The van der Waals surface area contributed by atoms with Gasteiger partial charge < -0.3 is 10.1 Å². The van der Waals surface area contributed by atoms with Crippen molar-refractivity contribution in [2.75, 3.05) is 11.9 Å². The highest BCUT2D eigenvalue weighted by molar-refractivity contribution is 9.10. The van der Waals surface area contributed by atoms with E-state index in [0.29, 0.717) is 23.4 Å². The van der Waals surface area contributed by atoms with Crippen LogP contribution in [0.5, 0.6) is 0 Å². The first-order valence-electron chi connectivity index (χ1n) is 7.52. The number of halogens is 1. The van der Waals surface area contributed by atoms with Crippen molar-refractivity contribution in [3.8, 4) is 0 Å². The molecule has 1 N–H and O–H groups in total. The molecule has 0 unspecified atom stereocenters. The zero-order chi connectivity index (χ0) is 17.5. The van der Waals surface area contributed by atoms with Gasteiger partial charge in [0, 0.05) is 27.5 Å². The minimum Gasteiger partial charge on any atom is -0.462 e. The van der Waals surface area contributed by atoms with Gasteiger partial charge in [-0.2, -0.15) is 0 Å². The highest BCUT2D eigenvalue weighted by atomic mass is 79.9. The molecular formula is C19H18BrNO3. The third-order valence-corrected chi connectivity index (χ3v) is 3.74. The van der Waals surface area contributed by atoms with Crippen molar-refractivity contribution in [3.63, 3.8) is 0 Å². The monoisotopic (exact) mass is 387 g/mol. The Bertz CT molecular complexity index is 749. The molecule has 0 fully saturated rings. The molecule has 0 aliphatic rings. The summed E-state index contributed by atoms with van der Waals surface area (Å²) in [7, 11) is 0. The van der Waals surface area contributed by atoms with Gasteiger partial charge in [0.05, 0.1) is 12.2 Å². The van der Waals surface area contributed by atoms with Crippen LogP contribution in [0.4, 0.5) is 5.69 Å². The van der Waals surface area contributed by atoms with Crippen molar-refractivity contribution < 1.29 is 14.3 Å². The lowest BCUT2D eigenvalue weighted by Gasteiger charge is -2.08. The fraction of sp³-hybridized carbons (Fsp3) is 0.158. The third-order valence-electron chi connectivity index (χ3n) is 3.21. The average Bonchev–Trinajstić information content (AvgIpc) is 2.56. The van der Waals surface area contributed by atoms with Gasteiger partial charge in [-0.15, -0.1) is 0 Å². The summed E-state index contributed by atoms with van der Waals surface area (Å²) >= 11 is 3.34. The molecular weight excluding hydrogens is 370 g/mol. The van der Waals surface area contributed by atoms with Crippen molar-refractivity contribution >= 4 is 33.4 Å². The number of carbonyl (C=O) groups excluding carboxylic acids is 2. The summed E-state index contributed by atoms with van der Waals surface area (Å²) in [5.41, 5.74) is 2.62. The number of rotatable bonds is 6. The summed E-state index contributed by atoms with van der Waals surface area (Å²) in [5.74, 6) is -0.419. The minimum absolute atomic E-state index is 0.0735. The largest absolute Gasteiger partial charge is 0.462 e. The molecule has 24 heavy (non-hydrogen) atoms. The first-order chi connectivity index (χ1) is 11.5. The summed E-state index contributed by atoms with van der Waals surface area (Å²) in [6.45, 7) is 3.93. The van der Waals surface area contributed by atoms with E-state index < -0.39 is 0 Å². The molecule has 5 heteroatoms. The van der Waals surface area contributed by atoms with Crippen LogP contribution in [-0.4, -0.2) is 18.4 Å². The number of allylic oxidation sites excluding steroid dienone is 2. The zero-order valence-corrected chi connectivity index (χ0v) is 15.1. The van der Waals surface area contributed by atoms with E-state index in [1.807, 2.05) is 19.1 Å². The van der Waals surface area contributed by atoms with Gasteiger partial charge in [-0.3, -0.25) is 4.79 Å². The number of benzene rings is 2. The number of anilines is 1. The number of esters is 1.